The van der Waals surface area contributed by atoms with Crippen molar-refractivity contribution in [3.05, 3.63) is 65.2 Å². The Morgan fingerprint density at radius 2 is 1.76 bits per heavy atom. The van der Waals surface area contributed by atoms with Crippen molar-refractivity contribution >= 4 is 18.2 Å². The molecule has 2 amide bonds. The Morgan fingerprint density at radius 3 is 2.38 bits per heavy atom. The van der Waals surface area contributed by atoms with Crippen molar-refractivity contribution in [2.45, 2.75) is 44.1 Å². The molecule has 2 saturated heterocycles. The largest absolute Gasteiger partial charge is 0.484 e. The number of nitrogens with one attached hydrogen (secondary N) is 1. The van der Waals surface area contributed by atoms with Gasteiger partial charge in [-0.2, -0.15) is 13.2 Å². The van der Waals surface area contributed by atoms with Gasteiger partial charge in [0.1, 0.15) is 18.0 Å². The van der Waals surface area contributed by atoms with E-state index in [4.69, 9.17) is 14.3 Å². The highest BCUT2D eigenvalue weighted by atomic mass is 19.4. The third-order valence-corrected chi connectivity index (χ3v) is 6.40. The molecule has 0 aromatic heterocycles. The number of hydrogen-bond donors (Lipinski definition) is 1. The van der Waals surface area contributed by atoms with Crippen LogP contribution in [0.25, 0.3) is 0 Å². The van der Waals surface area contributed by atoms with Crippen LogP contribution in [0.4, 0.5) is 18.0 Å². The minimum atomic E-state index is -4.36. The van der Waals surface area contributed by atoms with Crippen LogP contribution in [-0.4, -0.2) is 55.0 Å². The lowest BCUT2D eigenvalue weighted by molar-refractivity contribution is -0.138. The normalized spacial score (nSPS) is 17.1. The molecule has 11 heteroatoms. The summed E-state index contributed by atoms with van der Waals surface area (Å²) in [7, 11) is 0. The average Bonchev–Trinajstić information content (AvgIpc) is 3.25. The van der Waals surface area contributed by atoms with E-state index in [0.717, 1.165) is 17.7 Å². The van der Waals surface area contributed by atoms with Crippen LogP contribution in [0, 0.1) is 0 Å². The lowest BCUT2D eigenvalue weighted by Crippen LogP contribution is -2.49. The number of carbonyl (C=O) groups is 2. The van der Waals surface area contributed by atoms with Gasteiger partial charge in [-0.15, -0.1) is 0 Å². The summed E-state index contributed by atoms with van der Waals surface area (Å²) in [4.78, 5) is 30.7. The molecule has 4 rings (SSSR count). The second kappa shape index (κ2) is 11.5. The fourth-order valence-electron chi connectivity index (χ4n) is 4.17. The molecule has 2 aromatic rings. The summed E-state index contributed by atoms with van der Waals surface area (Å²) in [5.74, 6) is 0.483. The van der Waals surface area contributed by atoms with E-state index in [-0.39, 0.29) is 19.1 Å². The number of alkyl halides is 3. The molecule has 0 atom stereocenters. The van der Waals surface area contributed by atoms with Crippen molar-refractivity contribution in [2.24, 2.45) is 5.16 Å². The predicted molar refractivity (Wildman–Crippen MR) is 128 cm³/mol. The second-order valence-electron chi connectivity index (χ2n) is 9.03. The summed E-state index contributed by atoms with van der Waals surface area (Å²) in [6, 6.07) is 12.2. The van der Waals surface area contributed by atoms with Crippen LogP contribution in [0.15, 0.2) is 53.7 Å². The minimum absolute atomic E-state index is 0.0622. The number of oxime groups is 1. The molecule has 2 aliphatic rings. The van der Waals surface area contributed by atoms with Crippen molar-refractivity contribution in [1.29, 1.82) is 0 Å². The van der Waals surface area contributed by atoms with E-state index >= 15 is 0 Å². The van der Waals surface area contributed by atoms with Gasteiger partial charge in [0, 0.05) is 32.1 Å². The van der Waals surface area contributed by atoms with Crippen molar-refractivity contribution < 1.29 is 37.1 Å². The van der Waals surface area contributed by atoms with E-state index in [1.165, 1.54) is 12.1 Å². The highest BCUT2D eigenvalue weighted by Crippen LogP contribution is 2.30. The Hall–Kier alpha value is -3.76. The molecule has 2 fully saturated rings. The van der Waals surface area contributed by atoms with Gasteiger partial charge in [-0.25, -0.2) is 4.79 Å². The van der Waals surface area contributed by atoms with Gasteiger partial charge in [0.2, 0.25) is 0 Å². The molecule has 37 heavy (non-hydrogen) atoms. The molecular formula is C26H28F3N3O5. The average molecular weight is 520 g/mol. The minimum Gasteiger partial charge on any atom is -0.484 e. The number of benzene rings is 2. The number of rotatable bonds is 9. The molecule has 0 aliphatic carbocycles. The number of halogens is 3. The zero-order valence-electron chi connectivity index (χ0n) is 20.1. The number of piperidine rings is 1. The van der Waals surface area contributed by atoms with Gasteiger partial charge in [-0.3, -0.25) is 4.79 Å². The SMILES string of the molecule is O=C1NCC2(CCN(C(=O)COc3ccc(CCC=NOCc4ccc(C(F)(F)F)cc4)cc3)CC2)O1. The quantitative estimate of drug-likeness (QED) is 0.394. The molecule has 2 aliphatic heterocycles. The Morgan fingerprint density at radius 1 is 1.08 bits per heavy atom. The van der Waals surface area contributed by atoms with E-state index in [2.05, 4.69) is 10.5 Å². The Labute approximate surface area is 212 Å². The highest BCUT2D eigenvalue weighted by molar-refractivity contribution is 5.78. The Balaban J connectivity index is 1.11. The summed E-state index contributed by atoms with van der Waals surface area (Å²) in [5, 5.41) is 6.53. The summed E-state index contributed by atoms with van der Waals surface area (Å²) < 4.78 is 48.7. The standard InChI is InChI=1S/C26H28F3N3O5/c27-26(28,29)21-7-3-20(4-8-21)16-36-31-13-1-2-19-5-9-22(10-6-19)35-17-23(33)32-14-11-25(12-15-32)18-30-24(34)37-25/h3-10,13H,1-2,11-12,14-18H2,(H,30,34). The van der Waals surface area contributed by atoms with E-state index < -0.39 is 23.4 Å². The maximum atomic E-state index is 12.6. The molecule has 0 bridgehead atoms. The van der Waals surface area contributed by atoms with Gasteiger partial charge in [-0.1, -0.05) is 29.4 Å². The number of nitrogens with zero attached hydrogens (tertiary/aromatic N) is 2. The smallest absolute Gasteiger partial charge is 0.416 e. The first-order valence-corrected chi connectivity index (χ1v) is 12.0. The number of likely N-dealkylation sites (tertiary alicyclic amines) is 1. The third kappa shape index (κ3) is 7.37. The topological polar surface area (TPSA) is 89.5 Å². The number of amides is 2. The molecule has 0 radical (unpaired) electrons. The lowest BCUT2D eigenvalue weighted by Gasteiger charge is -2.37. The number of ether oxygens (including phenoxy) is 2. The van der Waals surface area contributed by atoms with Crippen molar-refractivity contribution in [2.75, 3.05) is 26.2 Å². The Kier molecular flexibility index (Phi) is 8.20. The predicted octanol–water partition coefficient (Wildman–Crippen LogP) is 4.32. The van der Waals surface area contributed by atoms with Gasteiger partial charge in [-0.05, 0) is 48.2 Å². The molecule has 1 N–H and O–H groups in total. The van der Waals surface area contributed by atoms with Gasteiger partial charge in [0.25, 0.3) is 5.91 Å². The molecule has 1 spiro atoms. The zero-order chi connectivity index (χ0) is 26.3. The van der Waals surface area contributed by atoms with Crippen LogP contribution >= 0.6 is 0 Å². The summed E-state index contributed by atoms with van der Waals surface area (Å²) >= 11 is 0. The van der Waals surface area contributed by atoms with Crippen LogP contribution < -0.4 is 10.1 Å². The fourth-order valence-corrected chi connectivity index (χ4v) is 4.17. The summed E-state index contributed by atoms with van der Waals surface area (Å²) in [6.07, 6.45) is -0.606. The van der Waals surface area contributed by atoms with Crippen LogP contribution in [0.3, 0.4) is 0 Å². The third-order valence-electron chi connectivity index (χ3n) is 6.40. The van der Waals surface area contributed by atoms with Gasteiger partial charge >= 0.3 is 12.3 Å². The fraction of sp³-hybridized carbons (Fsp3) is 0.423. The van der Waals surface area contributed by atoms with Gasteiger partial charge in [0.05, 0.1) is 12.1 Å². The van der Waals surface area contributed by atoms with Gasteiger partial charge in [0.15, 0.2) is 6.61 Å². The highest BCUT2D eigenvalue weighted by Gasteiger charge is 2.43. The number of carbonyl (C=O) groups excluding carboxylic acids is 2. The molecule has 2 aromatic carbocycles. The van der Waals surface area contributed by atoms with Crippen LogP contribution in [0.1, 0.15) is 36.0 Å². The molecule has 0 saturated carbocycles. The number of alkyl carbamates (subject to hydrolysis) is 1. The van der Waals surface area contributed by atoms with E-state index in [9.17, 15) is 22.8 Å². The first-order valence-electron chi connectivity index (χ1n) is 12.0. The second-order valence-corrected chi connectivity index (χ2v) is 9.03. The first kappa shape index (κ1) is 26.3. The zero-order valence-corrected chi connectivity index (χ0v) is 20.1. The molecule has 0 unspecified atom stereocenters. The van der Waals surface area contributed by atoms with Crippen LogP contribution in [0.2, 0.25) is 0 Å². The summed E-state index contributed by atoms with van der Waals surface area (Å²) in [6.45, 7) is 1.55. The van der Waals surface area contributed by atoms with Crippen LogP contribution in [0.5, 0.6) is 5.75 Å². The number of hydrogen-bond acceptors (Lipinski definition) is 6. The maximum absolute atomic E-state index is 12.6. The monoisotopic (exact) mass is 519 g/mol. The molecule has 8 nitrogen and oxygen atoms in total. The lowest BCUT2D eigenvalue weighted by atomic mass is 9.91. The van der Waals surface area contributed by atoms with Crippen LogP contribution in [-0.2, 0) is 33.6 Å². The summed E-state index contributed by atoms with van der Waals surface area (Å²) in [5.41, 5.74) is 0.455. The Bertz CT molecular complexity index is 1100. The van der Waals surface area contributed by atoms with E-state index in [1.54, 1.807) is 23.2 Å². The molecular weight excluding hydrogens is 491 g/mol. The molecule has 198 valence electrons. The van der Waals surface area contributed by atoms with E-state index in [0.29, 0.717) is 56.6 Å². The first-order chi connectivity index (χ1) is 17.7. The van der Waals surface area contributed by atoms with Crippen molar-refractivity contribution in [3.63, 3.8) is 0 Å². The maximum Gasteiger partial charge on any atom is 0.416 e. The number of aryl methyl sites for hydroxylation is 1. The van der Waals surface area contributed by atoms with E-state index in [1.807, 2.05) is 12.1 Å². The molecule has 2 heterocycles. The van der Waals surface area contributed by atoms with Crippen molar-refractivity contribution in [3.8, 4) is 5.75 Å². The van der Waals surface area contributed by atoms with Crippen molar-refractivity contribution in [1.82, 2.24) is 10.2 Å². The van der Waals surface area contributed by atoms with Gasteiger partial charge < -0.3 is 24.5 Å².